The molecule has 27 heavy (non-hydrogen) atoms. The molecule has 0 aliphatic carbocycles. The van der Waals surface area contributed by atoms with Crippen LogP contribution in [-0.4, -0.2) is 29.3 Å². The molecule has 4 nitrogen and oxygen atoms in total. The molecule has 0 N–H and O–H groups in total. The molecular formula is C21H18BrFN2O2. The SMILES string of the molecule is O=C1[C@@H]2[C@H](C(=O)N1c1ccc(F)cc1)[C@@H](c1ccc(Br)cc1)N1CCC[C@@H]21. The normalized spacial score (nSPS) is 30.1. The molecule has 3 aliphatic heterocycles. The molecule has 0 spiro atoms. The van der Waals surface area contributed by atoms with Crippen LogP contribution < -0.4 is 4.90 Å². The lowest BCUT2D eigenvalue weighted by Gasteiger charge is -2.28. The largest absolute Gasteiger partial charge is 0.292 e. The third kappa shape index (κ3) is 2.50. The number of benzene rings is 2. The number of hydrogen-bond donors (Lipinski definition) is 0. The quantitative estimate of drug-likeness (QED) is 0.680. The summed E-state index contributed by atoms with van der Waals surface area (Å²) in [5, 5.41) is 0. The van der Waals surface area contributed by atoms with Crippen LogP contribution in [0.3, 0.4) is 0 Å². The Morgan fingerprint density at radius 3 is 2.30 bits per heavy atom. The van der Waals surface area contributed by atoms with E-state index >= 15 is 0 Å². The van der Waals surface area contributed by atoms with Crippen molar-refractivity contribution < 1.29 is 14.0 Å². The van der Waals surface area contributed by atoms with Crippen LogP contribution in [0, 0.1) is 17.7 Å². The second-order valence-corrected chi connectivity index (χ2v) is 8.40. The number of halogens is 2. The van der Waals surface area contributed by atoms with Gasteiger partial charge in [-0.1, -0.05) is 28.1 Å². The predicted molar refractivity (Wildman–Crippen MR) is 102 cm³/mol. The van der Waals surface area contributed by atoms with E-state index in [1.165, 1.54) is 29.2 Å². The first-order valence-electron chi connectivity index (χ1n) is 9.21. The van der Waals surface area contributed by atoms with E-state index in [2.05, 4.69) is 20.8 Å². The van der Waals surface area contributed by atoms with Crippen molar-refractivity contribution in [3.63, 3.8) is 0 Å². The first-order valence-corrected chi connectivity index (χ1v) is 10.00. The molecule has 5 rings (SSSR count). The summed E-state index contributed by atoms with van der Waals surface area (Å²) >= 11 is 3.46. The number of fused-ring (bicyclic) bond motifs is 3. The number of carbonyl (C=O) groups is 2. The van der Waals surface area contributed by atoms with Crippen LogP contribution >= 0.6 is 15.9 Å². The van der Waals surface area contributed by atoms with Crippen molar-refractivity contribution in [2.45, 2.75) is 24.9 Å². The first kappa shape index (κ1) is 17.1. The van der Waals surface area contributed by atoms with Crippen LogP contribution in [0.25, 0.3) is 0 Å². The Bertz CT molecular complexity index is 915. The highest BCUT2D eigenvalue weighted by Gasteiger charge is 2.63. The molecule has 2 amide bonds. The summed E-state index contributed by atoms with van der Waals surface area (Å²) in [4.78, 5) is 30.2. The average molecular weight is 429 g/mol. The van der Waals surface area contributed by atoms with Crippen molar-refractivity contribution in [2.24, 2.45) is 11.8 Å². The summed E-state index contributed by atoms with van der Waals surface area (Å²) in [7, 11) is 0. The van der Waals surface area contributed by atoms with E-state index in [0.717, 1.165) is 29.4 Å². The second kappa shape index (κ2) is 6.24. The zero-order valence-electron chi connectivity index (χ0n) is 14.5. The van der Waals surface area contributed by atoms with Crippen molar-refractivity contribution >= 4 is 33.4 Å². The third-order valence-corrected chi connectivity index (χ3v) is 6.68. The highest BCUT2D eigenvalue weighted by molar-refractivity contribution is 9.10. The monoisotopic (exact) mass is 428 g/mol. The molecule has 0 unspecified atom stereocenters. The standard InChI is InChI=1S/C21H18BrFN2O2/c22-13-5-3-12(4-6-13)19-18-17(16-2-1-11-24(16)19)20(26)25(21(18)27)15-9-7-14(23)8-10-15/h3-10,16-19H,1-2,11H2/t16-,17-,18-,19+/m0/s1. The fourth-order valence-electron chi connectivity index (χ4n) is 5.10. The Hall–Kier alpha value is -2.05. The Balaban J connectivity index is 1.57. The van der Waals surface area contributed by atoms with Gasteiger partial charge in [0, 0.05) is 16.6 Å². The van der Waals surface area contributed by atoms with Crippen molar-refractivity contribution in [1.82, 2.24) is 4.90 Å². The lowest BCUT2D eigenvalue weighted by molar-refractivity contribution is -0.123. The van der Waals surface area contributed by atoms with Gasteiger partial charge in [-0.3, -0.25) is 14.5 Å². The van der Waals surface area contributed by atoms with Gasteiger partial charge in [0.25, 0.3) is 0 Å². The smallest absolute Gasteiger partial charge is 0.239 e. The summed E-state index contributed by atoms with van der Waals surface area (Å²) in [6, 6.07) is 13.6. The van der Waals surface area contributed by atoms with Crippen molar-refractivity contribution in [3.8, 4) is 0 Å². The maximum Gasteiger partial charge on any atom is 0.239 e. The molecule has 3 saturated heterocycles. The van der Waals surface area contributed by atoms with E-state index in [0.29, 0.717) is 5.69 Å². The number of anilines is 1. The Morgan fingerprint density at radius 2 is 1.59 bits per heavy atom. The molecule has 4 atom stereocenters. The Morgan fingerprint density at radius 1 is 0.926 bits per heavy atom. The maximum absolute atomic E-state index is 13.3. The van der Waals surface area contributed by atoms with Crippen LogP contribution in [0.1, 0.15) is 24.4 Å². The van der Waals surface area contributed by atoms with Gasteiger partial charge in [-0.05, 0) is 61.3 Å². The van der Waals surface area contributed by atoms with Crippen molar-refractivity contribution in [3.05, 3.63) is 64.4 Å². The van der Waals surface area contributed by atoms with Gasteiger partial charge < -0.3 is 0 Å². The molecule has 0 aromatic heterocycles. The number of nitrogens with zero attached hydrogens (tertiary/aromatic N) is 2. The zero-order chi connectivity index (χ0) is 18.7. The lowest BCUT2D eigenvalue weighted by Crippen LogP contribution is -2.39. The van der Waals surface area contributed by atoms with Crippen molar-refractivity contribution in [1.29, 1.82) is 0 Å². The summed E-state index contributed by atoms with van der Waals surface area (Å²) in [6.07, 6.45) is 1.98. The minimum absolute atomic E-state index is 0.0856. The summed E-state index contributed by atoms with van der Waals surface area (Å²) < 4.78 is 14.3. The van der Waals surface area contributed by atoms with E-state index in [4.69, 9.17) is 0 Å². The van der Waals surface area contributed by atoms with Gasteiger partial charge in [0.15, 0.2) is 0 Å². The molecule has 6 heteroatoms. The molecule has 138 valence electrons. The summed E-state index contributed by atoms with van der Waals surface area (Å²) in [5.74, 6) is -1.40. The third-order valence-electron chi connectivity index (χ3n) is 6.15. The van der Waals surface area contributed by atoms with Gasteiger partial charge in [-0.15, -0.1) is 0 Å². The summed E-state index contributed by atoms with van der Waals surface area (Å²) in [6.45, 7) is 0.912. The minimum Gasteiger partial charge on any atom is -0.292 e. The molecular weight excluding hydrogens is 411 g/mol. The first-order chi connectivity index (χ1) is 13.1. The number of hydrogen-bond acceptors (Lipinski definition) is 3. The van der Waals surface area contributed by atoms with Crippen LogP contribution in [0.2, 0.25) is 0 Å². The van der Waals surface area contributed by atoms with E-state index in [1.807, 2.05) is 24.3 Å². The van der Waals surface area contributed by atoms with Gasteiger partial charge >= 0.3 is 0 Å². The number of rotatable bonds is 2. The van der Waals surface area contributed by atoms with Gasteiger partial charge in [0.1, 0.15) is 5.82 Å². The van der Waals surface area contributed by atoms with Gasteiger partial charge in [-0.25, -0.2) is 9.29 Å². The van der Waals surface area contributed by atoms with Crippen molar-refractivity contribution in [2.75, 3.05) is 11.4 Å². The van der Waals surface area contributed by atoms with E-state index < -0.39 is 0 Å². The topological polar surface area (TPSA) is 40.6 Å². The predicted octanol–water partition coefficient (Wildman–Crippen LogP) is 3.91. The molecule has 0 saturated carbocycles. The van der Waals surface area contributed by atoms with E-state index in [-0.39, 0.29) is 41.6 Å². The highest BCUT2D eigenvalue weighted by atomic mass is 79.9. The molecule has 0 bridgehead atoms. The van der Waals surface area contributed by atoms with Crippen LogP contribution in [0.5, 0.6) is 0 Å². The maximum atomic E-state index is 13.3. The lowest BCUT2D eigenvalue weighted by atomic mass is 9.85. The van der Waals surface area contributed by atoms with Crippen LogP contribution in [0.4, 0.5) is 10.1 Å². The van der Waals surface area contributed by atoms with Crippen LogP contribution in [-0.2, 0) is 9.59 Å². The van der Waals surface area contributed by atoms with E-state index in [1.54, 1.807) is 0 Å². The van der Waals surface area contributed by atoms with Gasteiger partial charge in [0.2, 0.25) is 11.8 Å². The summed E-state index contributed by atoms with van der Waals surface area (Å²) in [5.41, 5.74) is 1.53. The molecule has 2 aromatic rings. The fourth-order valence-corrected chi connectivity index (χ4v) is 5.37. The number of amides is 2. The Kier molecular flexibility index (Phi) is 3.95. The van der Waals surface area contributed by atoms with Gasteiger partial charge in [-0.2, -0.15) is 0 Å². The number of imide groups is 1. The fraction of sp³-hybridized carbons (Fsp3) is 0.333. The van der Waals surface area contributed by atoms with Crippen LogP contribution in [0.15, 0.2) is 53.0 Å². The molecule has 3 fully saturated rings. The second-order valence-electron chi connectivity index (χ2n) is 7.48. The average Bonchev–Trinajstić information content (AvgIpc) is 3.30. The number of carbonyl (C=O) groups excluding carboxylic acids is 2. The van der Waals surface area contributed by atoms with Gasteiger partial charge in [0.05, 0.1) is 17.5 Å². The molecule has 2 aromatic carbocycles. The zero-order valence-corrected chi connectivity index (χ0v) is 16.1. The van der Waals surface area contributed by atoms with E-state index in [9.17, 15) is 14.0 Å². The molecule has 3 heterocycles. The highest BCUT2D eigenvalue weighted by Crippen LogP contribution is 2.53. The Labute approximate surface area is 165 Å². The minimum atomic E-state index is -0.382. The molecule has 0 radical (unpaired) electrons. The molecule has 3 aliphatic rings.